The molecule has 0 aliphatic carbocycles. The standard InChI is InChI=1S/C25H22N4O4/c1-17-22(25(31)28(27(17)2)20-11-7-4-8-12-20)26-23(24(30)19-9-5-3-6-10-19)18-13-15-21(16-14-18)29(32)33/h3-16,23,26H,1-2H3/t23-/m0/s1. The minimum atomic E-state index is -0.911. The number of ketones is 1. The molecule has 0 unspecified atom stereocenters. The number of nitro groups is 1. The van der Waals surface area contributed by atoms with Crippen LogP contribution in [0.5, 0.6) is 0 Å². The van der Waals surface area contributed by atoms with Crippen LogP contribution in [-0.2, 0) is 7.05 Å². The Kier molecular flexibility index (Phi) is 5.91. The number of non-ortho nitro benzene ring substituents is 1. The van der Waals surface area contributed by atoms with Gasteiger partial charge in [-0.05, 0) is 36.8 Å². The minimum Gasteiger partial charge on any atom is -0.365 e. The van der Waals surface area contributed by atoms with E-state index in [1.807, 2.05) is 36.4 Å². The van der Waals surface area contributed by atoms with Gasteiger partial charge in [0.05, 0.1) is 16.3 Å². The first-order chi connectivity index (χ1) is 15.9. The molecule has 0 aliphatic heterocycles. The SMILES string of the molecule is Cc1c(N[C@H](C(=O)c2ccccc2)c2ccc([N+](=O)[O-])cc2)c(=O)n(-c2ccccc2)n1C. The molecule has 0 aliphatic rings. The van der Waals surface area contributed by atoms with Gasteiger partial charge in [-0.3, -0.25) is 24.4 Å². The minimum absolute atomic E-state index is 0.0769. The van der Waals surface area contributed by atoms with Gasteiger partial charge in [0.1, 0.15) is 11.7 Å². The van der Waals surface area contributed by atoms with Crippen LogP contribution in [0.15, 0.2) is 89.7 Å². The lowest BCUT2D eigenvalue weighted by Crippen LogP contribution is -2.26. The zero-order chi connectivity index (χ0) is 23.5. The summed E-state index contributed by atoms with van der Waals surface area (Å²) in [7, 11) is 1.77. The van der Waals surface area contributed by atoms with Crippen molar-refractivity contribution in [3.05, 3.63) is 122 Å². The number of carbonyl (C=O) groups excluding carboxylic acids is 1. The predicted molar refractivity (Wildman–Crippen MR) is 126 cm³/mol. The summed E-state index contributed by atoms with van der Waals surface area (Å²) >= 11 is 0. The van der Waals surface area contributed by atoms with Crippen LogP contribution in [0.4, 0.5) is 11.4 Å². The zero-order valence-electron chi connectivity index (χ0n) is 18.1. The van der Waals surface area contributed by atoms with E-state index < -0.39 is 11.0 Å². The average molecular weight is 442 g/mol. The smallest absolute Gasteiger partial charge is 0.295 e. The first-order valence-corrected chi connectivity index (χ1v) is 10.3. The van der Waals surface area contributed by atoms with Crippen molar-refractivity contribution < 1.29 is 9.72 Å². The van der Waals surface area contributed by atoms with E-state index in [2.05, 4.69) is 5.32 Å². The lowest BCUT2D eigenvalue weighted by molar-refractivity contribution is -0.384. The van der Waals surface area contributed by atoms with E-state index in [0.29, 0.717) is 22.5 Å². The summed E-state index contributed by atoms with van der Waals surface area (Å²) in [6.45, 7) is 1.79. The Bertz CT molecular complexity index is 1360. The maximum Gasteiger partial charge on any atom is 0.295 e. The van der Waals surface area contributed by atoms with Crippen molar-refractivity contribution in [3.8, 4) is 5.69 Å². The molecule has 8 nitrogen and oxygen atoms in total. The monoisotopic (exact) mass is 442 g/mol. The molecule has 4 aromatic rings. The van der Waals surface area contributed by atoms with Crippen LogP contribution in [0.25, 0.3) is 5.69 Å². The molecule has 8 heteroatoms. The van der Waals surface area contributed by atoms with Gasteiger partial charge in [-0.15, -0.1) is 0 Å². The van der Waals surface area contributed by atoms with Gasteiger partial charge in [-0.2, -0.15) is 0 Å². The van der Waals surface area contributed by atoms with Gasteiger partial charge in [0.2, 0.25) is 0 Å². The maximum atomic E-state index is 13.4. The highest BCUT2D eigenvalue weighted by molar-refractivity contribution is 6.02. The van der Waals surface area contributed by atoms with Crippen molar-refractivity contribution >= 4 is 17.2 Å². The molecule has 1 aromatic heterocycles. The highest BCUT2D eigenvalue weighted by Gasteiger charge is 2.26. The molecule has 1 N–H and O–H groups in total. The molecule has 0 bridgehead atoms. The summed E-state index contributed by atoms with van der Waals surface area (Å²) in [6, 6.07) is 22.8. The number of hydrogen-bond acceptors (Lipinski definition) is 5. The highest BCUT2D eigenvalue weighted by Crippen LogP contribution is 2.26. The number of nitro benzene ring substituents is 1. The van der Waals surface area contributed by atoms with E-state index in [1.54, 1.807) is 42.9 Å². The molecule has 0 spiro atoms. The molecule has 3 aromatic carbocycles. The van der Waals surface area contributed by atoms with Crippen LogP contribution >= 0.6 is 0 Å². The van der Waals surface area contributed by atoms with Gasteiger partial charge < -0.3 is 5.32 Å². The fourth-order valence-corrected chi connectivity index (χ4v) is 3.74. The number of nitrogens with zero attached hydrogens (tertiary/aromatic N) is 3. The summed E-state index contributed by atoms with van der Waals surface area (Å²) in [4.78, 5) is 37.4. The summed E-state index contributed by atoms with van der Waals surface area (Å²) < 4.78 is 3.25. The van der Waals surface area contributed by atoms with Crippen molar-refractivity contribution in [2.75, 3.05) is 5.32 Å². The van der Waals surface area contributed by atoms with E-state index in [-0.39, 0.29) is 22.7 Å². The Balaban J connectivity index is 1.80. The van der Waals surface area contributed by atoms with Crippen LogP contribution in [0, 0.1) is 17.0 Å². The second kappa shape index (κ2) is 8.96. The summed E-state index contributed by atoms with van der Waals surface area (Å²) in [5.41, 5.74) is 2.24. The fourth-order valence-electron chi connectivity index (χ4n) is 3.74. The van der Waals surface area contributed by atoms with E-state index in [0.717, 1.165) is 0 Å². The normalized spacial score (nSPS) is 11.7. The number of hydrogen-bond donors (Lipinski definition) is 1. The van der Waals surface area contributed by atoms with Crippen molar-refractivity contribution in [2.24, 2.45) is 7.05 Å². The van der Waals surface area contributed by atoms with Crippen molar-refractivity contribution in [1.29, 1.82) is 0 Å². The number of anilines is 1. The van der Waals surface area contributed by atoms with Crippen molar-refractivity contribution in [3.63, 3.8) is 0 Å². The first kappa shape index (κ1) is 21.8. The van der Waals surface area contributed by atoms with Crippen LogP contribution in [0.1, 0.15) is 27.7 Å². The Morgan fingerprint density at radius 1 is 0.939 bits per heavy atom. The predicted octanol–water partition coefficient (Wildman–Crippen LogP) is 4.43. The van der Waals surface area contributed by atoms with Crippen molar-refractivity contribution in [2.45, 2.75) is 13.0 Å². The lowest BCUT2D eigenvalue weighted by Gasteiger charge is -2.19. The molecule has 166 valence electrons. The molecule has 4 rings (SSSR count). The van der Waals surface area contributed by atoms with E-state index in [9.17, 15) is 19.7 Å². The van der Waals surface area contributed by atoms with Crippen LogP contribution in [-0.4, -0.2) is 20.1 Å². The van der Waals surface area contributed by atoms with Gasteiger partial charge in [-0.1, -0.05) is 48.5 Å². The number of Topliss-reactive ketones (excluding diaryl/α,β-unsaturated/α-hetero) is 1. The fraction of sp³-hybridized carbons (Fsp3) is 0.120. The molecule has 0 saturated heterocycles. The number of carbonyl (C=O) groups is 1. The molecule has 0 amide bonds. The van der Waals surface area contributed by atoms with Crippen LogP contribution in [0.3, 0.4) is 0 Å². The van der Waals surface area contributed by atoms with Gasteiger partial charge in [0.25, 0.3) is 11.2 Å². The number of para-hydroxylation sites is 1. The van der Waals surface area contributed by atoms with Crippen molar-refractivity contribution in [1.82, 2.24) is 9.36 Å². The molecule has 1 heterocycles. The third-order valence-electron chi connectivity index (χ3n) is 5.60. The second-order valence-corrected chi connectivity index (χ2v) is 7.59. The average Bonchev–Trinajstić information content (AvgIpc) is 3.05. The lowest BCUT2D eigenvalue weighted by atomic mass is 9.97. The number of rotatable bonds is 7. The quantitative estimate of drug-likeness (QED) is 0.259. The van der Waals surface area contributed by atoms with Crippen LogP contribution < -0.4 is 10.9 Å². The Hall–Kier alpha value is -4.46. The summed E-state index contributed by atoms with van der Waals surface area (Å²) in [6.07, 6.45) is 0. The number of aromatic nitrogens is 2. The number of benzene rings is 3. The molecule has 0 fully saturated rings. The largest absolute Gasteiger partial charge is 0.365 e. The molecule has 1 atom stereocenters. The topological polar surface area (TPSA) is 99.2 Å². The second-order valence-electron chi connectivity index (χ2n) is 7.59. The third-order valence-corrected chi connectivity index (χ3v) is 5.60. The molecule has 33 heavy (non-hydrogen) atoms. The molecule has 0 saturated carbocycles. The number of nitrogens with one attached hydrogen (secondary N) is 1. The Labute approximate surface area is 189 Å². The highest BCUT2D eigenvalue weighted by atomic mass is 16.6. The Morgan fingerprint density at radius 3 is 2.09 bits per heavy atom. The molecular formula is C25H22N4O4. The van der Waals surface area contributed by atoms with E-state index in [4.69, 9.17) is 0 Å². The summed E-state index contributed by atoms with van der Waals surface area (Å²) in [5, 5.41) is 14.2. The summed E-state index contributed by atoms with van der Waals surface area (Å²) in [5.74, 6) is -0.252. The van der Waals surface area contributed by atoms with E-state index in [1.165, 1.54) is 28.9 Å². The van der Waals surface area contributed by atoms with Gasteiger partial charge in [0.15, 0.2) is 5.78 Å². The molecule has 0 radical (unpaired) electrons. The third kappa shape index (κ3) is 4.18. The molecular weight excluding hydrogens is 420 g/mol. The van der Waals surface area contributed by atoms with Crippen LogP contribution in [0.2, 0.25) is 0 Å². The van der Waals surface area contributed by atoms with Gasteiger partial charge in [0, 0.05) is 24.7 Å². The van der Waals surface area contributed by atoms with E-state index >= 15 is 0 Å². The maximum absolute atomic E-state index is 13.4. The first-order valence-electron chi connectivity index (χ1n) is 10.3. The Morgan fingerprint density at radius 2 is 1.52 bits per heavy atom. The van der Waals surface area contributed by atoms with Gasteiger partial charge >= 0.3 is 0 Å². The van der Waals surface area contributed by atoms with Gasteiger partial charge in [-0.25, -0.2) is 4.68 Å². The zero-order valence-corrected chi connectivity index (χ0v) is 18.1.